The lowest BCUT2D eigenvalue weighted by Crippen LogP contribution is -2.36. The first-order chi connectivity index (χ1) is 14.9. The third-order valence-electron chi connectivity index (χ3n) is 8.17. The molecule has 158 valence electrons. The first-order valence-electron chi connectivity index (χ1n) is 11.5. The van der Waals surface area contributed by atoms with Gasteiger partial charge < -0.3 is 0 Å². The Hall–Kier alpha value is -2.74. The Labute approximate surface area is 185 Å². The minimum absolute atomic E-state index is 0.259. The molecule has 3 aliphatic carbocycles. The van der Waals surface area contributed by atoms with Crippen molar-refractivity contribution in [3.05, 3.63) is 80.9 Å². The number of benzene rings is 2. The van der Waals surface area contributed by atoms with E-state index in [1.165, 1.54) is 23.1 Å². The molecule has 0 heterocycles. The average molecular weight is 411 g/mol. The molecule has 2 aromatic carbocycles. The molecule has 3 aliphatic rings. The van der Waals surface area contributed by atoms with Crippen molar-refractivity contribution in [1.29, 1.82) is 0 Å². The van der Waals surface area contributed by atoms with Crippen molar-refractivity contribution in [3.8, 4) is 11.1 Å². The van der Waals surface area contributed by atoms with Crippen LogP contribution in [0.3, 0.4) is 0 Å². The van der Waals surface area contributed by atoms with Crippen molar-refractivity contribution in [2.45, 2.75) is 53.4 Å². The number of fused-ring (bicyclic) bond motifs is 3. The van der Waals surface area contributed by atoms with E-state index in [1.54, 1.807) is 5.57 Å². The van der Waals surface area contributed by atoms with Crippen LogP contribution in [0.5, 0.6) is 0 Å². The lowest BCUT2D eigenvalue weighted by atomic mass is 9.60. The Morgan fingerprint density at radius 1 is 0.871 bits per heavy atom. The van der Waals surface area contributed by atoms with Crippen molar-refractivity contribution in [1.82, 2.24) is 0 Å². The van der Waals surface area contributed by atoms with Gasteiger partial charge in [-0.3, -0.25) is 9.59 Å². The van der Waals surface area contributed by atoms with Crippen molar-refractivity contribution < 1.29 is 9.59 Å². The highest BCUT2D eigenvalue weighted by Crippen LogP contribution is 2.51. The second-order valence-corrected chi connectivity index (χ2v) is 9.92. The van der Waals surface area contributed by atoms with Gasteiger partial charge in [0.25, 0.3) is 0 Å². The normalized spacial score (nSPS) is 25.2. The van der Waals surface area contributed by atoms with Crippen LogP contribution in [-0.4, -0.2) is 12.1 Å². The summed E-state index contributed by atoms with van der Waals surface area (Å²) in [6, 6.07) is 12.0. The predicted octanol–water partition coefficient (Wildman–Crippen LogP) is 6.91. The van der Waals surface area contributed by atoms with Gasteiger partial charge in [0.15, 0.2) is 5.78 Å². The Morgan fingerprint density at radius 3 is 2.29 bits per heavy atom. The summed E-state index contributed by atoms with van der Waals surface area (Å²) in [7, 11) is 0. The van der Waals surface area contributed by atoms with E-state index < -0.39 is 0 Å². The summed E-state index contributed by atoms with van der Waals surface area (Å²) in [6.07, 6.45) is 5.21. The number of allylic oxidation sites excluding steroid dienone is 4. The molecule has 0 aromatic heterocycles. The van der Waals surface area contributed by atoms with Crippen LogP contribution in [0.25, 0.3) is 11.1 Å². The molecule has 0 bridgehead atoms. The van der Waals surface area contributed by atoms with Gasteiger partial charge in [-0.15, -0.1) is 0 Å². The maximum atomic E-state index is 13.9. The van der Waals surface area contributed by atoms with Gasteiger partial charge in [-0.05, 0) is 93.4 Å². The van der Waals surface area contributed by atoms with Gasteiger partial charge in [-0.2, -0.15) is 0 Å². The quantitative estimate of drug-likeness (QED) is 0.398. The summed E-state index contributed by atoms with van der Waals surface area (Å²) < 4.78 is 0. The van der Waals surface area contributed by atoms with E-state index in [2.05, 4.69) is 39.8 Å². The van der Waals surface area contributed by atoms with Gasteiger partial charge in [-0.1, -0.05) is 53.1 Å². The average Bonchev–Trinajstić information content (AvgIpc) is 2.75. The molecule has 3 atom stereocenters. The smallest absolute Gasteiger partial charge is 0.189 e. The zero-order valence-corrected chi connectivity index (χ0v) is 18.9. The maximum Gasteiger partial charge on any atom is 0.189 e. The molecule has 0 N–H and O–H groups in total. The van der Waals surface area contributed by atoms with Gasteiger partial charge in [-0.25, -0.2) is 0 Å². The van der Waals surface area contributed by atoms with Crippen molar-refractivity contribution in [2.75, 3.05) is 0 Å². The third kappa shape index (κ3) is 3.15. The molecule has 0 spiro atoms. The lowest BCUT2D eigenvalue weighted by molar-refractivity contribution is 0.0989. The summed E-state index contributed by atoms with van der Waals surface area (Å²) >= 11 is 0. The molecule has 5 rings (SSSR count). The minimum atomic E-state index is 0.259. The predicted molar refractivity (Wildman–Crippen MR) is 125 cm³/mol. The molecule has 0 amide bonds. The molecule has 0 fully saturated rings. The summed E-state index contributed by atoms with van der Waals surface area (Å²) in [4.78, 5) is 24.9. The van der Waals surface area contributed by atoms with E-state index in [0.717, 1.165) is 53.4 Å². The monoisotopic (exact) mass is 410 g/mol. The summed E-state index contributed by atoms with van der Waals surface area (Å²) in [5.41, 5.74) is 11.6. The van der Waals surface area contributed by atoms with Crippen LogP contribution in [0.1, 0.15) is 71.9 Å². The Bertz CT molecular complexity index is 1160. The van der Waals surface area contributed by atoms with E-state index in [9.17, 15) is 9.59 Å². The van der Waals surface area contributed by atoms with Gasteiger partial charge in [0, 0.05) is 16.7 Å². The van der Waals surface area contributed by atoms with Crippen LogP contribution >= 0.6 is 0 Å². The molecule has 2 nitrogen and oxygen atoms in total. The van der Waals surface area contributed by atoms with Crippen LogP contribution in [0.15, 0.2) is 58.7 Å². The first-order valence-corrected chi connectivity index (χ1v) is 11.5. The second kappa shape index (κ2) is 7.44. The third-order valence-corrected chi connectivity index (χ3v) is 8.17. The highest BCUT2D eigenvalue weighted by atomic mass is 16.1. The molecule has 2 heteroatoms. The van der Waals surface area contributed by atoms with Gasteiger partial charge >= 0.3 is 0 Å². The van der Waals surface area contributed by atoms with Gasteiger partial charge in [0.1, 0.15) is 6.29 Å². The van der Waals surface area contributed by atoms with Crippen molar-refractivity contribution >= 4 is 12.1 Å². The van der Waals surface area contributed by atoms with Crippen molar-refractivity contribution in [3.63, 3.8) is 0 Å². The fourth-order valence-corrected chi connectivity index (χ4v) is 6.38. The van der Waals surface area contributed by atoms with Crippen LogP contribution in [-0.2, 0) is 6.42 Å². The molecule has 3 unspecified atom stereocenters. The fourth-order valence-electron chi connectivity index (χ4n) is 6.38. The summed E-state index contributed by atoms with van der Waals surface area (Å²) in [5.74, 6) is 1.77. The SMILES string of the molecule is CC1=C(C)CC2C(C)=C3C(=O)c4c(C)ccc(-c5ccc(C=O)cc5)c4CC3CC2C1. The van der Waals surface area contributed by atoms with Gasteiger partial charge in [0.2, 0.25) is 0 Å². The van der Waals surface area contributed by atoms with E-state index in [0.29, 0.717) is 23.3 Å². The molecule has 0 radical (unpaired) electrons. The first kappa shape index (κ1) is 20.2. The Kier molecular flexibility index (Phi) is 4.84. The van der Waals surface area contributed by atoms with Crippen molar-refractivity contribution in [2.24, 2.45) is 17.8 Å². The zero-order valence-electron chi connectivity index (χ0n) is 18.9. The molecular weight excluding hydrogens is 380 g/mol. The summed E-state index contributed by atoms with van der Waals surface area (Å²) in [6.45, 7) is 8.84. The number of hydrogen-bond donors (Lipinski definition) is 0. The number of aryl methyl sites for hydroxylation is 1. The fraction of sp³-hybridized carbons (Fsp3) is 0.379. The zero-order chi connectivity index (χ0) is 21.9. The van der Waals surface area contributed by atoms with Gasteiger partial charge in [0.05, 0.1) is 0 Å². The largest absolute Gasteiger partial charge is 0.298 e. The van der Waals surface area contributed by atoms with Crippen LogP contribution in [0.2, 0.25) is 0 Å². The topological polar surface area (TPSA) is 34.1 Å². The molecular formula is C29H30O2. The van der Waals surface area contributed by atoms with E-state index in [-0.39, 0.29) is 5.78 Å². The van der Waals surface area contributed by atoms with E-state index in [4.69, 9.17) is 0 Å². The minimum Gasteiger partial charge on any atom is -0.298 e. The van der Waals surface area contributed by atoms with E-state index in [1.807, 2.05) is 24.3 Å². The van der Waals surface area contributed by atoms with Crippen LogP contribution in [0.4, 0.5) is 0 Å². The van der Waals surface area contributed by atoms with E-state index >= 15 is 0 Å². The molecule has 0 saturated carbocycles. The standard InChI is InChI=1S/C29H30O2/c1-16-5-10-24(21-8-6-20(15-30)7-9-21)26-14-23-13-22-11-17(2)18(3)12-25(22)19(4)28(23)29(31)27(16)26/h5-10,15,22-23,25H,11-14H2,1-4H3. The molecule has 0 aliphatic heterocycles. The second-order valence-electron chi connectivity index (χ2n) is 9.92. The Balaban J connectivity index is 1.62. The highest BCUT2D eigenvalue weighted by molar-refractivity contribution is 6.13. The number of ketones is 1. The maximum absolute atomic E-state index is 13.9. The number of carbonyl (C=O) groups excluding carboxylic acids is 2. The number of Topliss-reactive ketones (excluding diaryl/α,β-unsaturated/α-hetero) is 1. The molecule has 2 aromatic rings. The van der Waals surface area contributed by atoms with Crippen LogP contribution in [0, 0.1) is 24.7 Å². The Morgan fingerprint density at radius 2 is 1.58 bits per heavy atom. The van der Waals surface area contributed by atoms with Crippen LogP contribution < -0.4 is 0 Å². The molecule has 31 heavy (non-hydrogen) atoms. The number of aldehydes is 1. The number of hydrogen-bond acceptors (Lipinski definition) is 2. The summed E-state index contributed by atoms with van der Waals surface area (Å²) in [5, 5.41) is 0. The number of rotatable bonds is 2. The number of carbonyl (C=O) groups is 2. The molecule has 0 saturated heterocycles. The highest BCUT2D eigenvalue weighted by Gasteiger charge is 2.43. The lowest BCUT2D eigenvalue weighted by Gasteiger charge is -2.44.